The van der Waals surface area contributed by atoms with Crippen LogP contribution in [0.4, 0.5) is 8.78 Å². The topological polar surface area (TPSA) is 57.6 Å². The molecule has 138 valence electrons. The Bertz CT molecular complexity index is 947. The lowest BCUT2D eigenvalue weighted by Crippen LogP contribution is -2.45. The molecule has 1 aliphatic heterocycles. The van der Waals surface area contributed by atoms with Crippen molar-refractivity contribution < 1.29 is 23.5 Å². The van der Waals surface area contributed by atoms with Crippen LogP contribution in [-0.4, -0.2) is 32.2 Å². The largest absolute Gasteiger partial charge is 0.480 e. The summed E-state index contributed by atoms with van der Waals surface area (Å²) in [6, 6.07) is 11.0. The third kappa shape index (κ3) is 4.23. The lowest BCUT2D eigenvalue weighted by atomic mass is 10.0. The molecule has 0 aliphatic carbocycles. The molecule has 1 atom stereocenters. The van der Waals surface area contributed by atoms with E-state index < -0.39 is 29.6 Å². The molecule has 0 spiro atoms. The number of hydrogen-bond donors (Lipinski definition) is 1. The molecule has 2 aromatic rings. The zero-order chi connectivity index (χ0) is 19.6. The van der Waals surface area contributed by atoms with Crippen molar-refractivity contribution in [3.63, 3.8) is 0 Å². The fraction of sp³-hybridized carbons (Fsp3) is 0.105. The van der Waals surface area contributed by atoms with E-state index in [2.05, 4.69) is 0 Å². The fourth-order valence-electron chi connectivity index (χ4n) is 2.63. The SMILES string of the molecule is O=C(O)[C@H](Cc1ccccc1)N1C(=O)/C(=C/c2ccc(F)c(F)c2)SC1=S. The second kappa shape index (κ2) is 7.98. The standard InChI is InChI=1S/C19H13F2NO3S2/c20-13-7-6-12(8-14(13)21)10-16-17(23)22(19(26)27-16)15(18(24)25)9-11-4-2-1-3-5-11/h1-8,10,15H,9H2,(H,24,25)/b16-10-/t15-/m0/s1. The van der Waals surface area contributed by atoms with Crippen LogP contribution in [0.2, 0.25) is 0 Å². The molecule has 1 N–H and O–H groups in total. The van der Waals surface area contributed by atoms with Gasteiger partial charge in [0, 0.05) is 6.42 Å². The second-order valence-corrected chi connectivity index (χ2v) is 7.44. The monoisotopic (exact) mass is 405 g/mol. The summed E-state index contributed by atoms with van der Waals surface area (Å²) in [5, 5.41) is 9.60. The normalized spacial score (nSPS) is 16.8. The number of thiocarbonyl (C=S) groups is 1. The molecule has 4 nitrogen and oxygen atoms in total. The summed E-state index contributed by atoms with van der Waals surface area (Å²) in [6.07, 6.45) is 1.46. The van der Waals surface area contributed by atoms with Crippen LogP contribution in [0.1, 0.15) is 11.1 Å². The van der Waals surface area contributed by atoms with Crippen LogP contribution in [0.15, 0.2) is 53.4 Å². The fourth-order valence-corrected chi connectivity index (χ4v) is 3.99. The molecular formula is C19H13F2NO3S2. The average Bonchev–Trinajstić information content (AvgIpc) is 2.90. The summed E-state index contributed by atoms with van der Waals surface area (Å²) in [5.74, 6) is -3.78. The van der Waals surface area contributed by atoms with E-state index in [1.54, 1.807) is 24.3 Å². The lowest BCUT2D eigenvalue weighted by Gasteiger charge is -2.23. The van der Waals surface area contributed by atoms with Gasteiger partial charge in [-0.1, -0.05) is 60.4 Å². The minimum absolute atomic E-state index is 0.0983. The highest BCUT2D eigenvalue weighted by molar-refractivity contribution is 8.26. The number of carboxylic acid groups (broad SMARTS) is 1. The van der Waals surface area contributed by atoms with Crippen molar-refractivity contribution in [1.29, 1.82) is 0 Å². The molecule has 1 aliphatic rings. The maximum atomic E-state index is 13.4. The summed E-state index contributed by atoms with van der Waals surface area (Å²) in [5.41, 5.74) is 1.04. The van der Waals surface area contributed by atoms with Gasteiger partial charge >= 0.3 is 5.97 Å². The van der Waals surface area contributed by atoms with Gasteiger partial charge in [-0.05, 0) is 29.3 Å². The van der Waals surface area contributed by atoms with E-state index >= 15 is 0 Å². The number of rotatable bonds is 5. The van der Waals surface area contributed by atoms with E-state index in [4.69, 9.17) is 12.2 Å². The number of carbonyl (C=O) groups is 2. The Morgan fingerprint density at radius 3 is 2.52 bits per heavy atom. The maximum Gasteiger partial charge on any atom is 0.327 e. The molecule has 3 rings (SSSR count). The quantitative estimate of drug-likeness (QED) is 0.605. The summed E-state index contributed by atoms with van der Waals surface area (Å²) < 4.78 is 26.5. The number of thioether (sulfide) groups is 1. The van der Waals surface area contributed by atoms with Gasteiger partial charge in [0.2, 0.25) is 0 Å². The van der Waals surface area contributed by atoms with E-state index in [9.17, 15) is 23.5 Å². The molecule has 0 bridgehead atoms. The van der Waals surface area contributed by atoms with Crippen LogP contribution in [0, 0.1) is 11.6 Å². The number of carboxylic acids is 1. The van der Waals surface area contributed by atoms with Gasteiger partial charge < -0.3 is 5.11 Å². The zero-order valence-electron chi connectivity index (χ0n) is 13.8. The molecule has 1 amide bonds. The summed E-state index contributed by atoms with van der Waals surface area (Å²) in [4.78, 5) is 25.7. The van der Waals surface area contributed by atoms with Crippen LogP contribution in [0.5, 0.6) is 0 Å². The predicted octanol–water partition coefficient (Wildman–Crippen LogP) is 3.86. The minimum Gasteiger partial charge on any atom is -0.480 e. The number of aliphatic carboxylic acids is 1. The van der Waals surface area contributed by atoms with Gasteiger partial charge in [0.25, 0.3) is 5.91 Å². The van der Waals surface area contributed by atoms with Crippen molar-refractivity contribution in [2.24, 2.45) is 0 Å². The Morgan fingerprint density at radius 1 is 1.19 bits per heavy atom. The Kier molecular flexibility index (Phi) is 5.67. The Balaban J connectivity index is 1.88. The molecule has 8 heteroatoms. The number of carbonyl (C=O) groups excluding carboxylic acids is 1. The number of halogens is 2. The third-order valence-electron chi connectivity index (χ3n) is 3.93. The first-order valence-electron chi connectivity index (χ1n) is 7.85. The highest BCUT2D eigenvalue weighted by Crippen LogP contribution is 2.34. The molecule has 0 radical (unpaired) electrons. The van der Waals surface area contributed by atoms with Crippen LogP contribution < -0.4 is 0 Å². The number of hydrogen-bond acceptors (Lipinski definition) is 4. The molecular weight excluding hydrogens is 392 g/mol. The maximum absolute atomic E-state index is 13.4. The van der Waals surface area contributed by atoms with Crippen LogP contribution in [0.25, 0.3) is 6.08 Å². The summed E-state index contributed by atoms with van der Waals surface area (Å²) in [6.45, 7) is 0. The first-order chi connectivity index (χ1) is 12.9. The van der Waals surface area contributed by atoms with Crippen molar-refractivity contribution in [2.75, 3.05) is 0 Å². The van der Waals surface area contributed by atoms with Gasteiger partial charge in [-0.15, -0.1) is 0 Å². The number of benzene rings is 2. The molecule has 27 heavy (non-hydrogen) atoms. The van der Waals surface area contributed by atoms with Gasteiger partial charge in [0.1, 0.15) is 10.4 Å². The van der Waals surface area contributed by atoms with Crippen molar-refractivity contribution in [2.45, 2.75) is 12.5 Å². The molecule has 0 aromatic heterocycles. The van der Waals surface area contributed by atoms with E-state index in [0.717, 1.165) is 34.4 Å². The molecule has 0 unspecified atom stereocenters. The Hall–Kier alpha value is -2.58. The van der Waals surface area contributed by atoms with Gasteiger partial charge in [0.15, 0.2) is 11.6 Å². The molecule has 1 saturated heterocycles. The first-order valence-corrected chi connectivity index (χ1v) is 9.08. The lowest BCUT2D eigenvalue weighted by molar-refractivity contribution is -0.145. The van der Waals surface area contributed by atoms with E-state index in [1.165, 1.54) is 12.1 Å². The smallest absolute Gasteiger partial charge is 0.327 e. The van der Waals surface area contributed by atoms with E-state index in [0.29, 0.717) is 0 Å². The summed E-state index contributed by atoms with van der Waals surface area (Å²) >= 11 is 6.13. The van der Waals surface area contributed by atoms with Gasteiger partial charge in [-0.25, -0.2) is 13.6 Å². The van der Waals surface area contributed by atoms with Gasteiger partial charge in [-0.3, -0.25) is 9.69 Å². The molecule has 0 saturated carbocycles. The number of amides is 1. The Morgan fingerprint density at radius 2 is 1.89 bits per heavy atom. The average molecular weight is 405 g/mol. The predicted molar refractivity (Wildman–Crippen MR) is 103 cm³/mol. The third-order valence-corrected chi connectivity index (χ3v) is 5.26. The zero-order valence-corrected chi connectivity index (χ0v) is 15.4. The first kappa shape index (κ1) is 19.2. The van der Waals surface area contributed by atoms with Gasteiger partial charge in [0.05, 0.1) is 4.91 Å². The minimum atomic E-state index is -1.18. The summed E-state index contributed by atoms with van der Waals surface area (Å²) in [7, 11) is 0. The van der Waals surface area contributed by atoms with E-state index in [1.807, 2.05) is 6.07 Å². The molecule has 1 heterocycles. The second-order valence-electron chi connectivity index (χ2n) is 5.77. The van der Waals surface area contributed by atoms with Gasteiger partial charge in [-0.2, -0.15) is 0 Å². The molecule has 1 fully saturated rings. The van der Waals surface area contributed by atoms with E-state index in [-0.39, 0.29) is 21.2 Å². The molecule has 2 aromatic carbocycles. The van der Waals surface area contributed by atoms with Crippen LogP contribution in [0.3, 0.4) is 0 Å². The van der Waals surface area contributed by atoms with Crippen molar-refractivity contribution in [1.82, 2.24) is 4.90 Å². The van der Waals surface area contributed by atoms with Crippen LogP contribution in [-0.2, 0) is 16.0 Å². The van der Waals surface area contributed by atoms with Crippen molar-refractivity contribution in [3.05, 3.63) is 76.2 Å². The van der Waals surface area contributed by atoms with Crippen LogP contribution >= 0.6 is 24.0 Å². The number of nitrogens with zero attached hydrogens (tertiary/aromatic N) is 1. The van der Waals surface area contributed by atoms with Crippen molar-refractivity contribution in [3.8, 4) is 0 Å². The highest BCUT2D eigenvalue weighted by atomic mass is 32.2. The Labute approximate surface area is 163 Å². The van der Waals surface area contributed by atoms with Crippen molar-refractivity contribution >= 4 is 46.3 Å². The highest BCUT2D eigenvalue weighted by Gasteiger charge is 2.40.